The molecule has 0 fully saturated rings. The predicted molar refractivity (Wildman–Crippen MR) is 110 cm³/mol. The number of nitrogens with one attached hydrogen (secondary N) is 1. The van der Waals surface area contributed by atoms with Crippen LogP contribution in [0.15, 0.2) is 54.6 Å². The minimum Gasteiger partial charge on any atom is -0.492 e. The van der Waals surface area contributed by atoms with Crippen LogP contribution in [0.3, 0.4) is 0 Å². The first-order valence-electron chi connectivity index (χ1n) is 9.23. The highest BCUT2D eigenvalue weighted by Crippen LogP contribution is 2.27. The van der Waals surface area contributed by atoms with Gasteiger partial charge in [-0.25, -0.2) is 4.79 Å². The maximum atomic E-state index is 13.1. The molecule has 1 amide bonds. The van der Waals surface area contributed by atoms with Crippen LogP contribution in [-0.4, -0.2) is 28.1 Å². The Hall–Kier alpha value is -3.26. The van der Waals surface area contributed by atoms with Crippen molar-refractivity contribution in [3.63, 3.8) is 0 Å². The van der Waals surface area contributed by atoms with Crippen LogP contribution in [-0.2, 0) is 16.0 Å². The predicted octanol–water partition coefficient (Wildman–Crippen LogP) is 4.04. The molecule has 2 aromatic carbocycles. The highest BCUT2D eigenvalue weighted by Gasteiger charge is 2.28. The van der Waals surface area contributed by atoms with Gasteiger partial charge in [-0.1, -0.05) is 53.9 Å². The number of nitrogens with zero attached hydrogens (tertiary/aromatic N) is 2. The lowest BCUT2D eigenvalue weighted by molar-refractivity contribution is -0.125. The first-order valence-corrected chi connectivity index (χ1v) is 10.0. The molecule has 0 bridgehead atoms. The molecule has 150 valence electrons. The lowest BCUT2D eigenvalue weighted by atomic mass is 10.1. The van der Waals surface area contributed by atoms with Gasteiger partial charge in [0.1, 0.15) is 5.75 Å². The molecule has 1 aromatic heterocycles. The van der Waals surface area contributed by atoms with Gasteiger partial charge >= 0.3 is 5.97 Å². The van der Waals surface area contributed by atoms with Crippen LogP contribution in [0.4, 0.5) is 5.69 Å². The minimum absolute atomic E-state index is 0.302. The molecule has 1 atom stereocenters. The van der Waals surface area contributed by atoms with Crippen molar-refractivity contribution in [2.24, 2.45) is 0 Å². The van der Waals surface area contributed by atoms with Gasteiger partial charge in [-0.05, 0) is 37.0 Å². The first-order chi connectivity index (χ1) is 14.1. The van der Waals surface area contributed by atoms with E-state index >= 15 is 0 Å². The lowest BCUT2D eigenvalue weighted by Crippen LogP contribution is -2.26. The molecule has 1 N–H and O–H groups in total. The molecule has 0 saturated heterocycles. The van der Waals surface area contributed by atoms with Crippen LogP contribution in [0.5, 0.6) is 5.75 Å². The fraction of sp³-hybridized carbons (Fsp3) is 0.238. The van der Waals surface area contributed by atoms with Gasteiger partial charge in [0.2, 0.25) is 6.10 Å². The van der Waals surface area contributed by atoms with Gasteiger partial charge in [-0.15, -0.1) is 5.10 Å². The second-order valence-electron chi connectivity index (χ2n) is 6.02. The fourth-order valence-corrected chi connectivity index (χ4v) is 3.34. The number of hydrogen-bond donors (Lipinski definition) is 1. The van der Waals surface area contributed by atoms with E-state index in [0.29, 0.717) is 40.6 Å². The second kappa shape index (κ2) is 9.79. The Morgan fingerprint density at radius 3 is 2.52 bits per heavy atom. The summed E-state index contributed by atoms with van der Waals surface area (Å²) in [6, 6.07) is 16.0. The van der Waals surface area contributed by atoms with E-state index in [9.17, 15) is 9.59 Å². The van der Waals surface area contributed by atoms with Gasteiger partial charge in [-0.2, -0.15) is 0 Å². The SMILES string of the molecule is CCOc1ccccc1NC(=O)[C@@H](OC(=O)c1snnc1CC)c1ccccc1. The first kappa shape index (κ1) is 20.5. The Morgan fingerprint density at radius 1 is 1.07 bits per heavy atom. The molecule has 8 heteroatoms. The zero-order valence-electron chi connectivity index (χ0n) is 16.1. The van der Waals surface area contributed by atoms with Crippen molar-refractivity contribution in [2.75, 3.05) is 11.9 Å². The second-order valence-corrected chi connectivity index (χ2v) is 6.77. The number of benzene rings is 2. The Labute approximate surface area is 172 Å². The summed E-state index contributed by atoms with van der Waals surface area (Å²) in [5, 5.41) is 6.74. The van der Waals surface area contributed by atoms with Crippen molar-refractivity contribution in [3.8, 4) is 5.75 Å². The Balaban J connectivity index is 1.86. The fourth-order valence-electron chi connectivity index (χ4n) is 2.71. The molecule has 3 rings (SSSR count). The van der Waals surface area contributed by atoms with Crippen LogP contribution < -0.4 is 10.1 Å². The monoisotopic (exact) mass is 411 g/mol. The standard InChI is InChI=1S/C21H21N3O4S/c1-3-15-19(29-24-23-15)21(26)28-18(14-10-6-5-7-11-14)20(25)22-16-12-8-9-13-17(16)27-4-2/h5-13,18H,3-4H2,1-2H3,(H,22,25)/t18-/m0/s1. The normalized spacial score (nSPS) is 11.5. The lowest BCUT2D eigenvalue weighted by Gasteiger charge is -2.19. The average Bonchev–Trinajstić information content (AvgIpc) is 3.23. The zero-order valence-corrected chi connectivity index (χ0v) is 16.9. The van der Waals surface area contributed by atoms with Crippen molar-refractivity contribution in [2.45, 2.75) is 26.4 Å². The van der Waals surface area contributed by atoms with E-state index in [4.69, 9.17) is 9.47 Å². The van der Waals surface area contributed by atoms with Crippen LogP contribution in [0, 0.1) is 0 Å². The van der Waals surface area contributed by atoms with E-state index in [0.717, 1.165) is 11.5 Å². The molecule has 29 heavy (non-hydrogen) atoms. The molecule has 0 aliphatic rings. The van der Waals surface area contributed by atoms with Gasteiger partial charge < -0.3 is 14.8 Å². The molecule has 0 unspecified atom stereocenters. The van der Waals surface area contributed by atoms with E-state index in [1.54, 1.807) is 42.5 Å². The molecule has 3 aromatic rings. The summed E-state index contributed by atoms with van der Waals surface area (Å²) in [6.45, 7) is 4.20. The number of carbonyl (C=O) groups excluding carboxylic acids is 2. The molecule has 0 radical (unpaired) electrons. The number of ether oxygens (including phenoxy) is 2. The van der Waals surface area contributed by atoms with Gasteiger partial charge in [0.25, 0.3) is 5.91 Å². The highest BCUT2D eigenvalue weighted by molar-refractivity contribution is 7.07. The summed E-state index contributed by atoms with van der Waals surface area (Å²) >= 11 is 0.957. The van der Waals surface area contributed by atoms with Crippen molar-refractivity contribution < 1.29 is 19.1 Å². The Bertz CT molecular complexity index is 975. The third kappa shape index (κ3) is 4.97. The summed E-state index contributed by atoms with van der Waals surface area (Å²) in [7, 11) is 0. The number of anilines is 1. The van der Waals surface area contributed by atoms with Crippen LogP contribution in [0.25, 0.3) is 0 Å². The third-order valence-electron chi connectivity index (χ3n) is 4.09. The molecule has 0 aliphatic heterocycles. The summed E-state index contributed by atoms with van der Waals surface area (Å²) in [5.41, 5.74) is 1.61. The van der Waals surface area contributed by atoms with Crippen molar-refractivity contribution in [3.05, 3.63) is 70.7 Å². The summed E-state index contributed by atoms with van der Waals surface area (Å²) in [4.78, 5) is 26.1. The number of carbonyl (C=O) groups is 2. The molecule has 0 aliphatic carbocycles. The van der Waals surface area contributed by atoms with E-state index < -0.39 is 18.0 Å². The number of aryl methyl sites for hydroxylation is 1. The Morgan fingerprint density at radius 2 is 1.79 bits per heavy atom. The van der Waals surface area contributed by atoms with Gasteiger partial charge in [0.15, 0.2) is 4.88 Å². The molecular formula is C21H21N3O4S. The molecule has 0 saturated carbocycles. The quantitative estimate of drug-likeness (QED) is 0.563. The van der Waals surface area contributed by atoms with E-state index in [1.807, 2.05) is 26.0 Å². The molecule has 0 spiro atoms. The maximum Gasteiger partial charge on any atom is 0.353 e. The van der Waals surface area contributed by atoms with Gasteiger partial charge in [-0.3, -0.25) is 4.79 Å². The topological polar surface area (TPSA) is 90.4 Å². The number of hydrogen-bond acceptors (Lipinski definition) is 7. The van der Waals surface area contributed by atoms with Crippen LogP contribution in [0.1, 0.15) is 40.9 Å². The zero-order chi connectivity index (χ0) is 20.6. The van der Waals surface area contributed by atoms with E-state index in [1.165, 1.54) is 0 Å². The number of para-hydroxylation sites is 2. The van der Waals surface area contributed by atoms with E-state index in [-0.39, 0.29) is 0 Å². The molecule has 1 heterocycles. The summed E-state index contributed by atoms with van der Waals surface area (Å²) in [6.07, 6.45) is -0.588. The molecule has 7 nitrogen and oxygen atoms in total. The average molecular weight is 411 g/mol. The maximum absolute atomic E-state index is 13.1. The summed E-state index contributed by atoms with van der Waals surface area (Å²) < 4.78 is 15.0. The van der Waals surface area contributed by atoms with E-state index in [2.05, 4.69) is 14.9 Å². The van der Waals surface area contributed by atoms with Crippen molar-refractivity contribution in [1.29, 1.82) is 0 Å². The number of rotatable bonds is 8. The van der Waals surface area contributed by atoms with Crippen LogP contribution in [0.2, 0.25) is 0 Å². The van der Waals surface area contributed by atoms with Crippen molar-refractivity contribution >= 4 is 29.1 Å². The molecular weight excluding hydrogens is 390 g/mol. The largest absolute Gasteiger partial charge is 0.492 e. The van der Waals surface area contributed by atoms with Gasteiger partial charge in [0.05, 0.1) is 18.0 Å². The van der Waals surface area contributed by atoms with Gasteiger partial charge in [0, 0.05) is 5.56 Å². The smallest absolute Gasteiger partial charge is 0.353 e. The minimum atomic E-state index is -1.13. The summed E-state index contributed by atoms with van der Waals surface area (Å²) in [5.74, 6) is -0.562. The number of amides is 1. The number of aromatic nitrogens is 2. The van der Waals surface area contributed by atoms with Crippen molar-refractivity contribution in [1.82, 2.24) is 9.59 Å². The third-order valence-corrected chi connectivity index (χ3v) is 4.83. The Kier molecular flexibility index (Phi) is 6.91. The van der Waals surface area contributed by atoms with Crippen LogP contribution >= 0.6 is 11.5 Å². The number of esters is 1. The highest BCUT2D eigenvalue weighted by atomic mass is 32.1.